The van der Waals surface area contributed by atoms with Gasteiger partial charge in [-0.25, -0.2) is 9.37 Å². The summed E-state index contributed by atoms with van der Waals surface area (Å²) in [6, 6.07) is 12.4. The molecule has 0 saturated carbocycles. The van der Waals surface area contributed by atoms with Gasteiger partial charge in [-0.2, -0.15) is 0 Å². The SMILES string of the molecule is Cc1ccc(Nc2c(-c3ccc(F)cc3)nc3n2C=CN(C(=O)C(C)(C)N)C3)cc1C. The van der Waals surface area contributed by atoms with Crippen LogP contribution in [0, 0.1) is 19.7 Å². The molecule has 0 unspecified atom stereocenters. The van der Waals surface area contributed by atoms with E-state index in [2.05, 4.69) is 31.3 Å². The number of nitrogens with one attached hydrogen (secondary N) is 1. The molecule has 2 heterocycles. The monoisotopic (exact) mass is 419 g/mol. The molecule has 160 valence electrons. The Labute approximate surface area is 181 Å². The lowest BCUT2D eigenvalue weighted by atomic mass is 10.1. The molecule has 3 N–H and O–H groups in total. The topological polar surface area (TPSA) is 76.2 Å². The minimum atomic E-state index is -0.987. The van der Waals surface area contributed by atoms with E-state index in [9.17, 15) is 9.18 Å². The van der Waals surface area contributed by atoms with Gasteiger partial charge < -0.3 is 16.0 Å². The fourth-order valence-corrected chi connectivity index (χ4v) is 3.50. The minimum absolute atomic E-state index is 0.190. The molecule has 31 heavy (non-hydrogen) atoms. The number of halogens is 1. The van der Waals surface area contributed by atoms with Crippen molar-refractivity contribution in [1.82, 2.24) is 14.5 Å². The van der Waals surface area contributed by atoms with Crippen molar-refractivity contribution in [3.8, 4) is 11.3 Å². The predicted molar refractivity (Wildman–Crippen MR) is 121 cm³/mol. The third-order valence-electron chi connectivity index (χ3n) is 5.39. The Kier molecular flexibility index (Phi) is 5.15. The van der Waals surface area contributed by atoms with Crippen LogP contribution in [-0.2, 0) is 11.3 Å². The first kappa shape index (κ1) is 20.8. The maximum Gasteiger partial charge on any atom is 0.246 e. The number of rotatable bonds is 4. The lowest BCUT2D eigenvalue weighted by molar-refractivity contribution is -0.133. The van der Waals surface area contributed by atoms with Gasteiger partial charge in [0, 0.05) is 23.7 Å². The number of benzene rings is 2. The molecule has 0 saturated heterocycles. The zero-order valence-electron chi connectivity index (χ0n) is 18.1. The van der Waals surface area contributed by atoms with Crippen molar-refractivity contribution in [3.63, 3.8) is 0 Å². The first-order chi connectivity index (χ1) is 14.6. The summed E-state index contributed by atoms with van der Waals surface area (Å²) in [5.74, 6) is 0.939. The van der Waals surface area contributed by atoms with E-state index >= 15 is 0 Å². The second-order valence-corrected chi connectivity index (χ2v) is 8.48. The van der Waals surface area contributed by atoms with E-state index in [-0.39, 0.29) is 11.7 Å². The molecule has 7 heteroatoms. The van der Waals surface area contributed by atoms with E-state index in [1.807, 2.05) is 10.6 Å². The average molecular weight is 420 g/mol. The average Bonchev–Trinajstić information content (AvgIpc) is 3.07. The zero-order chi connectivity index (χ0) is 22.3. The predicted octanol–water partition coefficient (Wildman–Crippen LogP) is 4.56. The number of carbonyl (C=O) groups excluding carboxylic acids is 1. The molecule has 0 aliphatic carbocycles. The second-order valence-electron chi connectivity index (χ2n) is 8.48. The highest BCUT2D eigenvalue weighted by Crippen LogP contribution is 2.34. The summed E-state index contributed by atoms with van der Waals surface area (Å²) in [5, 5.41) is 3.46. The largest absolute Gasteiger partial charge is 0.339 e. The minimum Gasteiger partial charge on any atom is -0.339 e. The molecular weight excluding hydrogens is 393 g/mol. The lowest BCUT2D eigenvalue weighted by Crippen LogP contribution is -2.49. The van der Waals surface area contributed by atoms with Gasteiger partial charge in [-0.1, -0.05) is 6.07 Å². The van der Waals surface area contributed by atoms with Crippen molar-refractivity contribution in [2.24, 2.45) is 5.73 Å². The standard InChI is InChI=1S/C24H26FN5O/c1-15-5-10-19(13-16(15)2)27-22-21(17-6-8-18(25)9-7-17)28-20-14-29(11-12-30(20)22)23(31)24(3,4)26/h5-13,27H,14,26H2,1-4H3. The van der Waals surface area contributed by atoms with Gasteiger partial charge in [-0.05, 0) is 75.2 Å². The third-order valence-corrected chi connectivity index (χ3v) is 5.39. The number of anilines is 2. The van der Waals surface area contributed by atoms with Crippen LogP contribution >= 0.6 is 0 Å². The highest BCUT2D eigenvalue weighted by molar-refractivity contribution is 5.87. The first-order valence-corrected chi connectivity index (χ1v) is 10.1. The summed E-state index contributed by atoms with van der Waals surface area (Å²) >= 11 is 0. The Morgan fingerprint density at radius 3 is 2.45 bits per heavy atom. The Bertz CT molecular complexity index is 1170. The summed E-state index contributed by atoms with van der Waals surface area (Å²) in [4.78, 5) is 19.0. The number of nitrogens with two attached hydrogens (primary N) is 1. The molecule has 1 aromatic heterocycles. The van der Waals surface area contributed by atoms with Crippen molar-refractivity contribution >= 4 is 23.6 Å². The normalized spacial score (nSPS) is 13.3. The Morgan fingerprint density at radius 2 is 1.81 bits per heavy atom. The molecule has 0 radical (unpaired) electrons. The van der Waals surface area contributed by atoms with Gasteiger partial charge in [0.05, 0.1) is 12.1 Å². The Morgan fingerprint density at radius 1 is 1.10 bits per heavy atom. The van der Waals surface area contributed by atoms with Gasteiger partial charge >= 0.3 is 0 Å². The summed E-state index contributed by atoms with van der Waals surface area (Å²) in [5.41, 5.74) is 9.77. The Hall–Kier alpha value is -3.45. The molecule has 0 spiro atoms. The fourth-order valence-electron chi connectivity index (χ4n) is 3.50. The smallest absolute Gasteiger partial charge is 0.246 e. The van der Waals surface area contributed by atoms with E-state index in [0.717, 1.165) is 17.1 Å². The number of aryl methyl sites for hydroxylation is 2. The van der Waals surface area contributed by atoms with Crippen molar-refractivity contribution in [2.75, 3.05) is 5.32 Å². The van der Waals surface area contributed by atoms with Gasteiger partial charge in [-0.3, -0.25) is 9.36 Å². The van der Waals surface area contributed by atoms with Gasteiger partial charge in [0.25, 0.3) is 0 Å². The lowest BCUT2D eigenvalue weighted by Gasteiger charge is -2.28. The van der Waals surface area contributed by atoms with Gasteiger partial charge in [-0.15, -0.1) is 0 Å². The van der Waals surface area contributed by atoms with Crippen LogP contribution in [0.2, 0.25) is 0 Å². The van der Waals surface area contributed by atoms with Crippen molar-refractivity contribution in [2.45, 2.75) is 39.8 Å². The second kappa shape index (κ2) is 7.67. The number of carbonyl (C=O) groups is 1. The fraction of sp³-hybridized carbons (Fsp3) is 0.250. The number of hydrogen-bond acceptors (Lipinski definition) is 4. The molecule has 1 amide bonds. The summed E-state index contributed by atoms with van der Waals surface area (Å²) in [6.45, 7) is 7.78. The van der Waals surface area contributed by atoms with E-state index in [0.29, 0.717) is 18.1 Å². The first-order valence-electron chi connectivity index (χ1n) is 10.1. The summed E-state index contributed by atoms with van der Waals surface area (Å²) < 4.78 is 15.4. The number of aromatic nitrogens is 2. The molecule has 6 nitrogen and oxygen atoms in total. The molecule has 1 aliphatic heterocycles. The van der Waals surface area contributed by atoms with Crippen LogP contribution in [-0.4, -0.2) is 25.9 Å². The van der Waals surface area contributed by atoms with E-state index in [4.69, 9.17) is 10.7 Å². The highest BCUT2D eigenvalue weighted by Gasteiger charge is 2.30. The molecule has 0 fully saturated rings. The van der Waals surface area contributed by atoms with Crippen LogP contribution in [0.3, 0.4) is 0 Å². The number of imidazole rings is 1. The van der Waals surface area contributed by atoms with E-state index in [1.165, 1.54) is 23.3 Å². The van der Waals surface area contributed by atoms with Crippen molar-refractivity contribution < 1.29 is 9.18 Å². The molecule has 1 aliphatic rings. The molecule has 3 aromatic rings. The maximum absolute atomic E-state index is 13.5. The molecular formula is C24H26FN5O. The zero-order valence-corrected chi connectivity index (χ0v) is 18.1. The number of fused-ring (bicyclic) bond motifs is 1. The van der Waals surface area contributed by atoms with E-state index < -0.39 is 5.54 Å². The maximum atomic E-state index is 13.5. The van der Waals surface area contributed by atoms with Crippen LogP contribution in [0.15, 0.2) is 48.7 Å². The third kappa shape index (κ3) is 4.09. The van der Waals surface area contributed by atoms with Crippen molar-refractivity contribution in [3.05, 3.63) is 71.4 Å². The van der Waals surface area contributed by atoms with Gasteiger partial charge in [0.15, 0.2) is 0 Å². The highest BCUT2D eigenvalue weighted by atomic mass is 19.1. The number of hydrogen-bond donors (Lipinski definition) is 2. The van der Waals surface area contributed by atoms with Crippen LogP contribution in [0.4, 0.5) is 15.9 Å². The van der Waals surface area contributed by atoms with Crippen LogP contribution in [0.25, 0.3) is 17.5 Å². The van der Waals surface area contributed by atoms with Crippen molar-refractivity contribution in [1.29, 1.82) is 0 Å². The molecule has 0 atom stereocenters. The summed E-state index contributed by atoms with van der Waals surface area (Å²) in [7, 11) is 0. The Balaban J connectivity index is 1.78. The van der Waals surface area contributed by atoms with Crippen LogP contribution < -0.4 is 11.1 Å². The molecule has 0 bridgehead atoms. The van der Waals surface area contributed by atoms with E-state index in [1.54, 1.807) is 43.3 Å². The quantitative estimate of drug-likeness (QED) is 0.650. The number of nitrogens with zero attached hydrogens (tertiary/aromatic N) is 3. The molecule has 2 aromatic carbocycles. The van der Waals surface area contributed by atoms with Crippen LogP contribution in [0.1, 0.15) is 30.8 Å². The van der Waals surface area contributed by atoms with Crippen LogP contribution in [0.5, 0.6) is 0 Å². The summed E-state index contributed by atoms with van der Waals surface area (Å²) in [6.07, 6.45) is 3.51. The molecule has 4 rings (SSSR count). The number of amides is 1. The van der Waals surface area contributed by atoms with Gasteiger partial charge in [0.1, 0.15) is 23.2 Å². The van der Waals surface area contributed by atoms with Gasteiger partial charge in [0.2, 0.25) is 5.91 Å².